The first kappa shape index (κ1) is 42.7. The second-order valence-electron chi connectivity index (χ2n) is 19.9. The van der Waals surface area contributed by atoms with Crippen molar-refractivity contribution in [3.8, 4) is 39.1 Å². The average molecular weight is 917 g/mol. The summed E-state index contributed by atoms with van der Waals surface area (Å²) in [6.07, 6.45) is 8.29. The molecule has 8 rings (SSSR count). The standard InChI is InChI=1S/C29H29.C23H27O.C2H6Si.2ClH.Zr/c1-17-9-18(2)12-22(11-17)28-24-7-6-8-25(24)29(27-16-21(5)15-26(27)28)23-13-19(3)10-20(4)14-23;1-14-8-15(2)11-18(10-14)21-19-12-16(3)9-17(19)13-20(22(21)24-7)23(4,5)6;1-3-2;;;/h9-16H,6-8H2,1-5H3;8-13H,1-7H3;1-2H3;2*1H;/q;;;;;+2/p-2. The summed E-state index contributed by atoms with van der Waals surface area (Å²) in [5.74, 6) is 0.955. The van der Waals surface area contributed by atoms with Crippen molar-refractivity contribution in [2.24, 2.45) is 0 Å². The van der Waals surface area contributed by atoms with Gasteiger partial charge in [0.2, 0.25) is 0 Å². The maximum absolute atomic E-state index is 9.11. The van der Waals surface area contributed by atoms with Crippen LogP contribution in [0.3, 0.4) is 0 Å². The van der Waals surface area contributed by atoms with Crippen molar-refractivity contribution in [2.45, 2.75) is 121 Å². The number of hydrogen-bond donors (Lipinski definition) is 0. The van der Waals surface area contributed by atoms with Gasteiger partial charge in [-0.1, -0.05) is 0 Å². The molecule has 0 bridgehead atoms. The van der Waals surface area contributed by atoms with E-state index < -0.39 is 20.4 Å². The summed E-state index contributed by atoms with van der Waals surface area (Å²) in [6.45, 7) is 29.8. The summed E-state index contributed by atoms with van der Waals surface area (Å²) in [7, 11) is 20.0. The van der Waals surface area contributed by atoms with E-state index in [4.69, 9.17) is 21.8 Å². The number of hydrogen-bond acceptors (Lipinski definition) is 1. The van der Waals surface area contributed by atoms with Crippen molar-refractivity contribution < 1.29 is 19.7 Å². The first-order chi connectivity index (χ1) is 27.6. The Balaban J connectivity index is 1.51. The predicted molar refractivity (Wildman–Crippen MR) is 257 cm³/mol. The average Bonchev–Trinajstić information content (AvgIpc) is 3.82. The minimum atomic E-state index is -5.24. The van der Waals surface area contributed by atoms with Crippen LogP contribution in [0.1, 0.15) is 121 Å². The Kier molecular flexibility index (Phi) is 10.8. The van der Waals surface area contributed by atoms with Crippen molar-refractivity contribution >= 4 is 34.6 Å². The van der Waals surface area contributed by atoms with Crippen LogP contribution in [0.5, 0.6) is 5.75 Å². The van der Waals surface area contributed by atoms with E-state index in [2.05, 4.69) is 162 Å². The fourth-order valence-electron chi connectivity index (χ4n) is 11.7. The maximum atomic E-state index is 9.11. The first-order valence-corrected chi connectivity index (χ1v) is 37.0. The molecular weight excluding hydrogens is 855 g/mol. The molecule has 0 radical (unpaired) electrons. The van der Waals surface area contributed by atoms with E-state index in [-0.39, 0.29) is 12.7 Å². The normalized spacial score (nSPS) is 17.4. The summed E-state index contributed by atoms with van der Waals surface area (Å²) in [5, 5.41) is 0. The second kappa shape index (κ2) is 14.9. The Morgan fingerprint density at radius 1 is 0.576 bits per heavy atom. The van der Waals surface area contributed by atoms with Crippen LogP contribution in [0.25, 0.3) is 45.5 Å². The van der Waals surface area contributed by atoms with Crippen LogP contribution in [0.4, 0.5) is 0 Å². The van der Waals surface area contributed by atoms with Crippen LogP contribution in [-0.2, 0) is 33.3 Å². The topological polar surface area (TPSA) is 9.23 Å². The van der Waals surface area contributed by atoms with Crippen LogP contribution < -0.4 is 4.74 Å². The van der Waals surface area contributed by atoms with Gasteiger partial charge in [0.1, 0.15) is 0 Å². The molecule has 5 aromatic carbocycles. The van der Waals surface area contributed by atoms with Gasteiger partial charge in [-0.05, 0) is 0 Å². The molecule has 3 aliphatic carbocycles. The van der Waals surface area contributed by atoms with Crippen LogP contribution >= 0.6 is 17.0 Å². The van der Waals surface area contributed by atoms with Gasteiger partial charge in [-0.3, -0.25) is 0 Å². The molecule has 0 amide bonds. The Labute approximate surface area is 363 Å². The van der Waals surface area contributed by atoms with Gasteiger partial charge in [0.05, 0.1) is 0 Å². The number of ether oxygens (including phenoxy) is 1. The molecule has 0 heterocycles. The minimum absolute atomic E-state index is 0.0470. The van der Waals surface area contributed by atoms with Crippen molar-refractivity contribution in [3.05, 3.63) is 144 Å². The van der Waals surface area contributed by atoms with Crippen molar-refractivity contribution in [2.75, 3.05) is 7.11 Å². The first-order valence-electron chi connectivity index (χ1n) is 21.6. The van der Waals surface area contributed by atoms with Crippen molar-refractivity contribution in [1.82, 2.24) is 0 Å². The van der Waals surface area contributed by atoms with Gasteiger partial charge in [0, 0.05) is 0 Å². The number of fused-ring (bicyclic) bond motifs is 3. The molecular formula is C54H62Cl2OSiZr. The fourth-order valence-corrected chi connectivity index (χ4v) is 42.0. The van der Waals surface area contributed by atoms with Gasteiger partial charge in [-0.15, -0.1) is 0 Å². The molecule has 0 saturated heterocycles. The molecule has 2 unspecified atom stereocenters. The van der Waals surface area contributed by atoms with Crippen molar-refractivity contribution in [1.29, 1.82) is 0 Å². The molecule has 2 atom stereocenters. The molecule has 3 aliphatic rings. The van der Waals surface area contributed by atoms with Gasteiger partial charge >= 0.3 is 366 Å². The Bertz CT molecular complexity index is 2720. The molecule has 306 valence electrons. The Morgan fingerprint density at radius 2 is 1.00 bits per heavy atom. The monoisotopic (exact) mass is 914 g/mol. The van der Waals surface area contributed by atoms with E-state index in [9.17, 15) is 0 Å². The summed E-state index contributed by atoms with van der Waals surface area (Å²) >= 11 is -5.24. The number of aryl methyl sites for hydroxylation is 6. The SMILES string of the molecule is COc1c(C(C)(C)C)cc2c(c1-c1cc(C)cc(C)c1)C=C(C)[CH]2[Zr]([Cl])([Cl])([CH]1C(C)=Cc2c(-c3cc(C)cc(C)c3)c3c(c(-c4cc(C)cc(C)c4)c21)CCC3)=[Si](C)C. The number of allylic oxidation sites excluding steroid dienone is 2. The number of methoxy groups -OCH3 is 1. The third-order valence-corrected chi connectivity index (χ3v) is 60.7. The van der Waals surface area contributed by atoms with Crippen LogP contribution in [-0.4, -0.2) is 12.5 Å². The van der Waals surface area contributed by atoms with Crippen LogP contribution in [0, 0.1) is 41.5 Å². The fraction of sp³-hybridized carbons (Fsp3) is 0.370. The molecule has 5 aromatic rings. The molecule has 59 heavy (non-hydrogen) atoms. The Hall–Kier alpha value is -2.94. The van der Waals surface area contributed by atoms with Gasteiger partial charge in [0.15, 0.2) is 0 Å². The third-order valence-electron chi connectivity index (χ3n) is 13.8. The number of halogens is 2. The molecule has 0 aromatic heterocycles. The summed E-state index contributed by atoms with van der Waals surface area (Å²) < 4.78 is 6.37. The zero-order valence-corrected chi connectivity index (χ0v) is 42.8. The second-order valence-corrected chi connectivity index (χ2v) is 58.7. The van der Waals surface area contributed by atoms with Crippen LogP contribution in [0.2, 0.25) is 13.1 Å². The van der Waals surface area contributed by atoms with Gasteiger partial charge in [-0.25, -0.2) is 0 Å². The van der Waals surface area contributed by atoms with E-state index in [0.29, 0.717) is 0 Å². The van der Waals surface area contributed by atoms with Gasteiger partial charge in [-0.2, -0.15) is 0 Å². The third kappa shape index (κ3) is 6.79. The quantitative estimate of drug-likeness (QED) is 0.154. The predicted octanol–water partition coefficient (Wildman–Crippen LogP) is 16.2. The molecule has 0 N–H and O–H groups in total. The number of rotatable bonds is 6. The molecule has 5 heteroatoms. The Morgan fingerprint density at radius 3 is 1.46 bits per heavy atom. The zero-order chi connectivity index (χ0) is 42.7. The molecule has 0 fully saturated rings. The van der Waals surface area contributed by atoms with Crippen molar-refractivity contribution in [3.63, 3.8) is 0 Å². The van der Waals surface area contributed by atoms with Gasteiger partial charge in [0.25, 0.3) is 0 Å². The van der Waals surface area contributed by atoms with E-state index in [1.165, 1.54) is 117 Å². The van der Waals surface area contributed by atoms with E-state index >= 15 is 0 Å². The molecule has 0 spiro atoms. The molecule has 0 aliphatic heterocycles. The summed E-state index contributed by atoms with van der Waals surface area (Å²) in [5.41, 5.74) is 26.2. The zero-order valence-electron chi connectivity index (χ0n) is 37.9. The van der Waals surface area contributed by atoms with E-state index in [1.807, 2.05) is 7.11 Å². The van der Waals surface area contributed by atoms with Crippen LogP contribution in [0.15, 0.2) is 71.8 Å². The summed E-state index contributed by atoms with van der Waals surface area (Å²) in [4.78, 5) is 0. The number of benzene rings is 5. The molecule has 1 nitrogen and oxygen atoms in total. The molecule has 0 saturated carbocycles. The van der Waals surface area contributed by atoms with Gasteiger partial charge < -0.3 is 0 Å². The van der Waals surface area contributed by atoms with E-state index in [1.54, 1.807) is 0 Å². The van der Waals surface area contributed by atoms with E-state index in [0.717, 1.165) is 25.0 Å². The summed E-state index contributed by atoms with van der Waals surface area (Å²) in [6, 6.07) is 23.6.